The minimum Gasteiger partial charge on any atom is -0.496 e. The molecule has 172 valence electrons. The van der Waals surface area contributed by atoms with Crippen LogP contribution in [-0.4, -0.2) is 54.3 Å². The Hall–Kier alpha value is -3.20. The molecule has 1 N–H and O–H groups in total. The van der Waals surface area contributed by atoms with E-state index in [1.165, 1.54) is 0 Å². The van der Waals surface area contributed by atoms with Crippen LogP contribution < -0.4 is 19.5 Å². The first-order chi connectivity index (χ1) is 15.9. The number of benzene rings is 2. The third kappa shape index (κ3) is 3.51. The van der Waals surface area contributed by atoms with E-state index in [-0.39, 0.29) is 11.8 Å². The van der Waals surface area contributed by atoms with Gasteiger partial charge in [0.05, 0.1) is 25.3 Å². The SMILES string of the molecule is COc1ccc(OC)c2c1cc(C(=O)N1CCC3(CC1)NC(=O)c1cc(Br)ccc1O3)n2C. The number of fused-ring (bicyclic) bond motifs is 2. The zero-order valence-electron chi connectivity index (χ0n) is 18.6. The number of halogens is 1. The first kappa shape index (κ1) is 21.6. The molecule has 1 spiro atoms. The summed E-state index contributed by atoms with van der Waals surface area (Å²) in [5.41, 5.74) is 1.05. The van der Waals surface area contributed by atoms with Gasteiger partial charge in [-0.15, -0.1) is 0 Å². The molecule has 0 aliphatic carbocycles. The lowest BCUT2D eigenvalue weighted by Gasteiger charge is -2.44. The third-order valence-corrected chi connectivity index (χ3v) is 6.96. The number of rotatable bonds is 3. The number of hydrogen-bond donors (Lipinski definition) is 1. The first-order valence-corrected chi connectivity index (χ1v) is 11.5. The average Bonchev–Trinajstić information content (AvgIpc) is 3.16. The number of likely N-dealkylation sites (tertiary alicyclic amines) is 1. The van der Waals surface area contributed by atoms with Crippen molar-refractivity contribution >= 4 is 38.6 Å². The Morgan fingerprint density at radius 3 is 2.48 bits per heavy atom. The second-order valence-corrected chi connectivity index (χ2v) is 9.22. The summed E-state index contributed by atoms with van der Waals surface area (Å²) in [6.07, 6.45) is 0.993. The van der Waals surface area contributed by atoms with Crippen LogP contribution in [0.4, 0.5) is 0 Å². The van der Waals surface area contributed by atoms with Crippen molar-refractivity contribution in [1.82, 2.24) is 14.8 Å². The molecule has 1 fully saturated rings. The lowest BCUT2D eigenvalue weighted by Crippen LogP contribution is -2.61. The fraction of sp³-hybridized carbons (Fsp3) is 0.333. The predicted molar refractivity (Wildman–Crippen MR) is 126 cm³/mol. The van der Waals surface area contributed by atoms with Gasteiger partial charge < -0.3 is 29.0 Å². The fourth-order valence-electron chi connectivity index (χ4n) is 4.70. The maximum Gasteiger partial charge on any atom is 0.270 e. The monoisotopic (exact) mass is 513 g/mol. The number of carbonyl (C=O) groups is 2. The number of aryl methyl sites for hydroxylation is 1. The van der Waals surface area contributed by atoms with Crippen molar-refractivity contribution in [3.8, 4) is 17.2 Å². The van der Waals surface area contributed by atoms with Crippen LogP contribution in [0.25, 0.3) is 10.9 Å². The third-order valence-electron chi connectivity index (χ3n) is 6.47. The van der Waals surface area contributed by atoms with Gasteiger partial charge in [0.15, 0.2) is 5.72 Å². The number of amides is 2. The van der Waals surface area contributed by atoms with Crippen molar-refractivity contribution in [2.24, 2.45) is 7.05 Å². The number of methoxy groups -OCH3 is 2. The van der Waals surface area contributed by atoms with Crippen LogP contribution in [0.1, 0.15) is 33.7 Å². The van der Waals surface area contributed by atoms with Crippen LogP contribution in [0.2, 0.25) is 0 Å². The summed E-state index contributed by atoms with van der Waals surface area (Å²) in [7, 11) is 5.06. The largest absolute Gasteiger partial charge is 0.496 e. The molecule has 1 saturated heterocycles. The van der Waals surface area contributed by atoms with Gasteiger partial charge in [-0.3, -0.25) is 9.59 Å². The lowest BCUT2D eigenvalue weighted by atomic mass is 9.96. The molecule has 3 heterocycles. The van der Waals surface area contributed by atoms with Crippen LogP contribution in [0.5, 0.6) is 17.2 Å². The van der Waals surface area contributed by atoms with E-state index in [0.29, 0.717) is 54.4 Å². The van der Waals surface area contributed by atoms with Gasteiger partial charge in [0.1, 0.15) is 22.9 Å². The Morgan fingerprint density at radius 2 is 1.79 bits per heavy atom. The molecule has 0 radical (unpaired) electrons. The second kappa shape index (κ2) is 7.98. The number of ether oxygens (including phenoxy) is 3. The lowest BCUT2D eigenvalue weighted by molar-refractivity contribution is -0.0247. The Balaban J connectivity index is 1.38. The molecule has 0 saturated carbocycles. The molecule has 2 aromatic carbocycles. The highest BCUT2D eigenvalue weighted by Crippen LogP contribution is 2.37. The molecule has 5 rings (SSSR count). The van der Waals surface area contributed by atoms with Crippen molar-refractivity contribution < 1.29 is 23.8 Å². The maximum atomic E-state index is 13.5. The van der Waals surface area contributed by atoms with Crippen LogP contribution in [0.15, 0.2) is 40.9 Å². The standard InChI is InChI=1S/C24H24BrN3O5/c1-27-17(13-15-18(31-2)6-7-20(32-3)21(15)27)23(30)28-10-8-24(9-11-28)26-22(29)16-12-14(25)4-5-19(16)33-24/h4-7,12-13H,8-11H2,1-3H3,(H,26,29). The van der Waals surface area contributed by atoms with E-state index in [9.17, 15) is 9.59 Å². The van der Waals surface area contributed by atoms with E-state index in [1.54, 1.807) is 31.3 Å². The van der Waals surface area contributed by atoms with Gasteiger partial charge in [-0.05, 0) is 36.4 Å². The Bertz CT molecular complexity index is 1280. The second-order valence-electron chi connectivity index (χ2n) is 8.30. The summed E-state index contributed by atoms with van der Waals surface area (Å²) in [6.45, 7) is 0.918. The van der Waals surface area contributed by atoms with Crippen LogP contribution in [-0.2, 0) is 7.05 Å². The van der Waals surface area contributed by atoms with E-state index in [0.717, 1.165) is 15.4 Å². The van der Waals surface area contributed by atoms with E-state index < -0.39 is 5.72 Å². The summed E-state index contributed by atoms with van der Waals surface area (Å²) in [5, 5.41) is 3.84. The van der Waals surface area contributed by atoms with Crippen molar-refractivity contribution in [3.05, 3.63) is 52.1 Å². The Kier molecular flexibility index (Phi) is 5.23. The number of hydrogen-bond acceptors (Lipinski definition) is 5. The smallest absolute Gasteiger partial charge is 0.270 e. The maximum absolute atomic E-state index is 13.5. The summed E-state index contributed by atoms with van der Waals surface area (Å²) >= 11 is 3.39. The number of carbonyl (C=O) groups excluding carboxylic acids is 2. The average molecular weight is 514 g/mol. The number of aromatic nitrogens is 1. The van der Waals surface area contributed by atoms with Crippen LogP contribution in [0, 0.1) is 0 Å². The summed E-state index contributed by atoms with van der Waals surface area (Å²) in [5.74, 6) is 1.68. The van der Waals surface area contributed by atoms with Crippen LogP contribution >= 0.6 is 15.9 Å². The molecule has 0 bridgehead atoms. The zero-order valence-corrected chi connectivity index (χ0v) is 20.2. The summed E-state index contributed by atoms with van der Waals surface area (Å²) in [6, 6.07) is 10.9. The Morgan fingerprint density at radius 1 is 1.09 bits per heavy atom. The molecule has 0 atom stereocenters. The zero-order chi connectivity index (χ0) is 23.3. The highest BCUT2D eigenvalue weighted by molar-refractivity contribution is 9.10. The summed E-state index contributed by atoms with van der Waals surface area (Å²) in [4.78, 5) is 27.9. The molecule has 2 aliphatic rings. The molecule has 1 aromatic heterocycles. The Labute approximate surface area is 199 Å². The van der Waals surface area contributed by atoms with E-state index in [2.05, 4.69) is 21.2 Å². The molecule has 0 unspecified atom stereocenters. The highest BCUT2D eigenvalue weighted by Gasteiger charge is 2.43. The van der Waals surface area contributed by atoms with Gasteiger partial charge in [-0.1, -0.05) is 15.9 Å². The molecule has 2 aliphatic heterocycles. The molecule has 2 amide bonds. The van der Waals surface area contributed by atoms with E-state index in [4.69, 9.17) is 14.2 Å². The predicted octanol–water partition coefficient (Wildman–Crippen LogP) is 3.71. The minimum atomic E-state index is -0.806. The molecular weight excluding hydrogens is 490 g/mol. The van der Waals surface area contributed by atoms with Crippen LogP contribution in [0.3, 0.4) is 0 Å². The normalized spacial score (nSPS) is 16.8. The van der Waals surface area contributed by atoms with Gasteiger partial charge >= 0.3 is 0 Å². The molecule has 8 nitrogen and oxygen atoms in total. The van der Waals surface area contributed by atoms with Gasteiger partial charge in [-0.25, -0.2) is 0 Å². The minimum absolute atomic E-state index is 0.0841. The fourth-order valence-corrected chi connectivity index (χ4v) is 5.06. The quantitative estimate of drug-likeness (QED) is 0.577. The van der Waals surface area contributed by atoms with E-state index in [1.807, 2.05) is 35.9 Å². The van der Waals surface area contributed by atoms with E-state index >= 15 is 0 Å². The van der Waals surface area contributed by atoms with Gasteiger partial charge in [0.25, 0.3) is 11.8 Å². The number of piperidine rings is 1. The van der Waals surface area contributed by atoms with Crippen molar-refractivity contribution in [3.63, 3.8) is 0 Å². The molecule has 33 heavy (non-hydrogen) atoms. The van der Waals surface area contributed by atoms with Crippen molar-refractivity contribution in [1.29, 1.82) is 0 Å². The van der Waals surface area contributed by atoms with Gasteiger partial charge in [-0.2, -0.15) is 0 Å². The number of nitrogens with one attached hydrogen (secondary N) is 1. The van der Waals surface area contributed by atoms with Gasteiger partial charge in [0.2, 0.25) is 0 Å². The highest BCUT2D eigenvalue weighted by atomic mass is 79.9. The molecule has 3 aromatic rings. The topological polar surface area (TPSA) is 82.0 Å². The molecular formula is C24H24BrN3O5. The number of nitrogens with zero attached hydrogens (tertiary/aromatic N) is 2. The first-order valence-electron chi connectivity index (χ1n) is 10.7. The van der Waals surface area contributed by atoms with Crippen molar-refractivity contribution in [2.45, 2.75) is 18.6 Å². The van der Waals surface area contributed by atoms with Crippen molar-refractivity contribution in [2.75, 3.05) is 27.3 Å². The van der Waals surface area contributed by atoms with Gasteiger partial charge in [0, 0.05) is 42.8 Å². The summed E-state index contributed by atoms with van der Waals surface area (Å²) < 4.78 is 19.9. The molecule has 9 heteroatoms.